The quantitative estimate of drug-likeness (QED) is 0.551. The van der Waals surface area contributed by atoms with Gasteiger partial charge >= 0.3 is 0 Å². The first-order valence-electron chi connectivity index (χ1n) is 10.5. The van der Waals surface area contributed by atoms with Crippen molar-refractivity contribution in [2.24, 2.45) is 11.0 Å². The number of hydrogen-bond donors (Lipinski definition) is 2. The Hall–Kier alpha value is -3.15. The Labute approximate surface area is 178 Å². The molecule has 0 spiro atoms. The van der Waals surface area contributed by atoms with Crippen LogP contribution in [0.5, 0.6) is 0 Å². The predicted octanol–water partition coefficient (Wildman–Crippen LogP) is 4.43. The molecule has 2 amide bonds. The summed E-state index contributed by atoms with van der Waals surface area (Å²) < 4.78 is 0. The number of nitrogens with one attached hydrogen (secondary N) is 2. The van der Waals surface area contributed by atoms with E-state index in [9.17, 15) is 9.59 Å². The molecule has 6 heteroatoms. The summed E-state index contributed by atoms with van der Waals surface area (Å²) in [5.74, 6) is -0.0138. The van der Waals surface area contributed by atoms with Crippen molar-refractivity contribution >= 4 is 28.9 Å². The van der Waals surface area contributed by atoms with Crippen molar-refractivity contribution in [3.63, 3.8) is 0 Å². The lowest BCUT2D eigenvalue weighted by Gasteiger charge is -2.20. The van der Waals surface area contributed by atoms with Gasteiger partial charge in [-0.15, -0.1) is 0 Å². The van der Waals surface area contributed by atoms with Crippen LogP contribution in [-0.4, -0.2) is 31.6 Å². The number of amides is 2. The molecule has 1 fully saturated rings. The van der Waals surface area contributed by atoms with Crippen molar-refractivity contribution in [2.45, 2.75) is 39.0 Å². The lowest BCUT2D eigenvalue weighted by molar-refractivity contribution is -0.120. The van der Waals surface area contributed by atoms with Crippen LogP contribution in [0.3, 0.4) is 0 Å². The van der Waals surface area contributed by atoms with E-state index in [0.29, 0.717) is 11.3 Å². The zero-order valence-electron chi connectivity index (χ0n) is 17.9. The van der Waals surface area contributed by atoms with Crippen molar-refractivity contribution in [3.05, 3.63) is 59.7 Å². The van der Waals surface area contributed by atoms with Crippen molar-refractivity contribution in [2.75, 3.05) is 24.3 Å². The molecule has 1 aliphatic carbocycles. The maximum Gasteiger partial charge on any atom is 0.271 e. The molecule has 0 unspecified atom stereocenters. The minimum absolute atomic E-state index is 0.111. The summed E-state index contributed by atoms with van der Waals surface area (Å²) in [6, 6.07) is 14.9. The molecule has 2 aromatic rings. The van der Waals surface area contributed by atoms with Gasteiger partial charge in [0.25, 0.3) is 5.91 Å². The number of benzene rings is 2. The van der Waals surface area contributed by atoms with Crippen LogP contribution in [0.4, 0.5) is 11.4 Å². The van der Waals surface area contributed by atoms with E-state index in [1.807, 2.05) is 62.3 Å². The Balaban J connectivity index is 1.56. The van der Waals surface area contributed by atoms with Gasteiger partial charge in [0.05, 0.1) is 5.71 Å². The fourth-order valence-corrected chi connectivity index (χ4v) is 3.58. The number of hydrogen-bond acceptors (Lipinski definition) is 4. The van der Waals surface area contributed by atoms with Gasteiger partial charge in [-0.2, -0.15) is 5.10 Å². The summed E-state index contributed by atoms with van der Waals surface area (Å²) in [6.07, 6.45) is 5.46. The van der Waals surface area contributed by atoms with Crippen LogP contribution in [0.2, 0.25) is 0 Å². The molecule has 0 heterocycles. The second-order valence-electron chi connectivity index (χ2n) is 7.98. The van der Waals surface area contributed by atoms with E-state index in [2.05, 4.69) is 15.8 Å². The second-order valence-corrected chi connectivity index (χ2v) is 7.98. The van der Waals surface area contributed by atoms with E-state index in [1.165, 1.54) is 6.42 Å². The summed E-state index contributed by atoms with van der Waals surface area (Å²) in [5.41, 5.74) is 6.55. The minimum Gasteiger partial charge on any atom is -0.378 e. The molecular weight excluding hydrogens is 376 g/mol. The molecule has 1 saturated carbocycles. The van der Waals surface area contributed by atoms with Crippen LogP contribution >= 0.6 is 0 Å². The van der Waals surface area contributed by atoms with Crippen molar-refractivity contribution < 1.29 is 9.59 Å². The first-order valence-corrected chi connectivity index (χ1v) is 10.5. The minimum atomic E-state index is -0.254. The van der Waals surface area contributed by atoms with Crippen LogP contribution in [0, 0.1) is 5.92 Å². The normalized spacial score (nSPS) is 14.8. The predicted molar refractivity (Wildman–Crippen MR) is 122 cm³/mol. The van der Waals surface area contributed by atoms with Crippen LogP contribution in [0.1, 0.15) is 54.9 Å². The Morgan fingerprint density at radius 2 is 1.50 bits per heavy atom. The second kappa shape index (κ2) is 10.1. The summed E-state index contributed by atoms with van der Waals surface area (Å²) in [4.78, 5) is 26.7. The zero-order chi connectivity index (χ0) is 21.5. The van der Waals surface area contributed by atoms with Gasteiger partial charge in [-0.25, -0.2) is 5.43 Å². The monoisotopic (exact) mass is 406 g/mol. The SMILES string of the molecule is C/C(=N/NC(=O)c1ccc(N(C)C)cc1)c1ccc(NC(=O)C2CCCCC2)cc1. The first kappa shape index (κ1) is 21.6. The average Bonchev–Trinajstić information content (AvgIpc) is 2.78. The maximum atomic E-state index is 12.4. The summed E-state index contributed by atoms with van der Waals surface area (Å²) in [6.45, 7) is 1.84. The van der Waals surface area contributed by atoms with Gasteiger partial charge in [-0.05, 0) is 61.7 Å². The molecular formula is C24H30N4O2. The molecule has 0 aliphatic heterocycles. The molecule has 3 rings (SSSR count). The van der Waals surface area contributed by atoms with E-state index in [0.717, 1.165) is 42.6 Å². The molecule has 0 atom stereocenters. The molecule has 0 saturated heterocycles. The fraction of sp³-hybridized carbons (Fsp3) is 0.375. The largest absolute Gasteiger partial charge is 0.378 e. The first-order chi connectivity index (χ1) is 14.4. The molecule has 0 aromatic heterocycles. The highest BCUT2D eigenvalue weighted by Crippen LogP contribution is 2.25. The fourth-order valence-electron chi connectivity index (χ4n) is 3.58. The summed E-state index contributed by atoms with van der Waals surface area (Å²) >= 11 is 0. The van der Waals surface area contributed by atoms with Crippen LogP contribution in [0.25, 0.3) is 0 Å². The van der Waals surface area contributed by atoms with Gasteiger partial charge in [-0.1, -0.05) is 31.4 Å². The highest BCUT2D eigenvalue weighted by Gasteiger charge is 2.20. The lowest BCUT2D eigenvalue weighted by Crippen LogP contribution is -2.24. The lowest BCUT2D eigenvalue weighted by atomic mass is 9.88. The van der Waals surface area contributed by atoms with Crippen molar-refractivity contribution in [1.29, 1.82) is 0 Å². The topological polar surface area (TPSA) is 73.8 Å². The Morgan fingerprint density at radius 1 is 0.900 bits per heavy atom. The number of carbonyl (C=O) groups is 2. The standard InChI is InChI=1S/C24H30N4O2/c1-17(26-27-24(30)20-11-15-22(16-12-20)28(2)3)18-9-13-21(14-10-18)25-23(29)19-7-5-4-6-8-19/h9-16,19H,4-8H2,1-3H3,(H,25,29)(H,27,30)/b26-17-. The van der Waals surface area contributed by atoms with Gasteiger partial charge in [-0.3, -0.25) is 9.59 Å². The van der Waals surface area contributed by atoms with Gasteiger partial charge in [0, 0.05) is 37.0 Å². The summed E-state index contributed by atoms with van der Waals surface area (Å²) in [5, 5.41) is 7.22. The molecule has 0 radical (unpaired) electrons. The van der Waals surface area contributed by atoms with Crippen LogP contribution in [0.15, 0.2) is 53.6 Å². The number of rotatable bonds is 6. The van der Waals surface area contributed by atoms with Crippen molar-refractivity contribution in [3.8, 4) is 0 Å². The Kier molecular flexibility index (Phi) is 7.22. The average molecular weight is 407 g/mol. The Bertz CT molecular complexity index is 896. The smallest absolute Gasteiger partial charge is 0.271 e. The van der Waals surface area contributed by atoms with E-state index in [4.69, 9.17) is 0 Å². The van der Waals surface area contributed by atoms with E-state index < -0.39 is 0 Å². The molecule has 2 aromatic carbocycles. The highest BCUT2D eigenvalue weighted by molar-refractivity contribution is 6.01. The van der Waals surface area contributed by atoms with Crippen LogP contribution < -0.4 is 15.6 Å². The third-order valence-corrected chi connectivity index (χ3v) is 5.52. The van der Waals surface area contributed by atoms with Crippen LogP contribution in [-0.2, 0) is 4.79 Å². The number of anilines is 2. The van der Waals surface area contributed by atoms with Gasteiger partial charge in [0.1, 0.15) is 0 Å². The van der Waals surface area contributed by atoms with Gasteiger partial charge in [0.2, 0.25) is 5.91 Å². The number of hydrazone groups is 1. The van der Waals surface area contributed by atoms with Crippen molar-refractivity contribution in [1.82, 2.24) is 5.43 Å². The van der Waals surface area contributed by atoms with E-state index in [-0.39, 0.29) is 17.7 Å². The molecule has 6 nitrogen and oxygen atoms in total. The molecule has 2 N–H and O–H groups in total. The Morgan fingerprint density at radius 3 is 2.10 bits per heavy atom. The number of nitrogens with zero attached hydrogens (tertiary/aromatic N) is 2. The number of carbonyl (C=O) groups excluding carboxylic acids is 2. The third-order valence-electron chi connectivity index (χ3n) is 5.52. The van der Waals surface area contributed by atoms with E-state index >= 15 is 0 Å². The molecule has 0 bridgehead atoms. The van der Waals surface area contributed by atoms with Gasteiger partial charge < -0.3 is 10.2 Å². The molecule has 30 heavy (non-hydrogen) atoms. The third kappa shape index (κ3) is 5.69. The molecule has 1 aliphatic rings. The van der Waals surface area contributed by atoms with Gasteiger partial charge in [0.15, 0.2) is 0 Å². The van der Waals surface area contributed by atoms with E-state index in [1.54, 1.807) is 12.1 Å². The zero-order valence-corrected chi connectivity index (χ0v) is 17.9. The summed E-state index contributed by atoms with van der Waals surface area (Å²) in [7, 11) is 3.91. The molecule has 158 valence electrons. The highest BCUT2D eigenvalue weighted by atomic mass is 16.2. The maximum absolute atomic E-state index is 12.4.